The first kappa shape index (κ1) is 13.7. The first-order valence-electron chi connectivity index (χ1n) is 6.11. The summed E-state index contributed by atoms with van der Waals surface area (Å²) < 4.78 is 1.17. The number of rotatable bonds is 3. The number of hydrogen-bond acceptors (Lipinski definition) is 4. The van der Waals surface area contributed by atoms with Crippen molar-refractivity contribution in [3.63, 3.8) is 0 Å². The molecule has 0 radical (unpaired) electrons. The fraction of sp³-hybridized carbons (Fsp3) is 0. The van der Waals surface area contributed by atoms with Crippen LogP contribution in [0.25, 0.3) is 10.1 Å². The average molecular weight is 319 g/mol. The van der Waals surface area contributed by atoms with Gasteiger partial charge in [0, 0.05) is 16.1 Å². The molecular weight excluding hydrogens is 308 g/mol. The third kappa shape index (κ3) is 2.66. The zero-order valence-electron chi connectivity index (χ0n) is 10.8. The van der Waals surface area contributed by atoms with E-state index in [9.17, 15) is 9.90 Å². The van der Waals surface area contributed by atoms with Crippen LogP contribution in [-0.4, -0.2) is 11.1 Å². The molecule has 3 rings (SSSR count). The van der Waals surface area contributed by atoms with Gasteiger partial charge in [-0.3, -0.25) is 0 Å². The van der Waals surface area contributed by atoms with E-state index < -0.39 is 5.97 Å². The SMILES string of the molecule is Nc1cc(Cl)c(Nc2ccc3sccc3c2)c(C(=O)O)c1. The van der Waals surface area contributed by atoms with Crippen molar-refractivity contribution < 1.29 is 9.90 Å². The Labute approximate surface area is 129 Å². The number of aromatic carboxylic acids is 1. The fourth-order valence-electron chi connectivity index (χ4n) is 2.11. The minimum absolute atomic E-state index is 0.0467. The van der Waals surface area contributed by atoms with Gasteiger partial charge in [0.1, 0.15) is 0 Å². The predicted molar refractivity (Wildman–Crippen MR) is 87.9 cm³/mol. The van der Waals surface area contributed by atoms with Crippen molar-refractivity contribution in [1.29, 1.82) is 0 Å². The number of halogens is 1. The van der Waals surface area contributed by atoms with Gasteiger partial charge in [0.25, 0.3) is 0 Å². The Morgan fingerprint density at radius 2 is 2.05 bits per heavy atom. The first-order valence-corrected chi connectivity index (χ1v) is 7.37. The van der Waals surface area contributed by atoms with Crippen LogP contribution in [0.1, 0.15) is 10.4 Å². The van der Waals surface area contributed by atoms with Crippen LogP contribution in [0, 0.1) is 0 Å². The summed E-state index contributed by atoms with van der Waals surface area (Å²) in [6, 6.07) is 10.7. The topological polar surface area (TPSA) is 75.3 Å². The lowest BCUT2D eigenvalue weighted by Crippen LogP contribution is -2.04. The molecule has 0 spiro atoms. The Morgan fingerprint density at radius 1 is 1.24 bits per heavy atom. The quantitative estimate of drug-likeness (QED) is 0.618. The van der Waals surface area contributed by atoms with E-state index in [1.54, 1.807) is 11.3 Å². The van der Waals surface area contributed by atoms with Crippen LogP contribution in [0.15, 0.2) is 41.8 Å². The van der Waals surface area contributed by atoms with Crippen molar-refractivity contribution in [2.45, 2.75) is 0 Å². The number of thiophene rings is 1. The van der Waals surface area contributed by atoms with Gasteiger partial charge in [0.2, 0.25) is 0 Å². The summed E-state index contributed by atoms with van der Waals surface area (Å²) in [7, 11) is 0. The van der Waals surface area contributed by atoms with Crippen LogP contribution < -0.4 is 11.1 Å². The summed E-state index contributed by atoms with van der Waals surface area (Å²) >= 11 is 7.77. The van der Waals surface area contributed by atoms with Crippen LogP contribution in [0.2, 0.25) is 5.02 Å². The predicted octanol–water partition coefficient (Wildman–Crippen LogP) is 4.58. The van der Waals surface area contributed by atoms with Gasteiger partial charge in [0.15, 0.2) is 0 Å². The van der Waals surface area contributed by atoms with E-state index in [1.807, 2.05) is 29.6 Å². The number of carbonyl (C=O) groups is 1. The number of benzene rings is 2. The molecule has 0 fully saturated rings. The number of hydrogen-bond donors (Lipinski definition) is 3. The second-order valence-corrected chi connectivity index (χ2v) is 5.88. The Kier molecular flexibility index (Phi) is 3.45. The molecule has 0 aliphatic carbocycles. The molecule has 0 saturated carbocycles. The summed E-state index contributed by atoms with van der Waals surface area (Å²) in [6.07, 6.45) is 0. The molecular formula is C15H11ClN2O2S. The van der Waals surface area contributed by atoms with Crippen LogP contribution in [0.5, 0.6) is 0 Å². The van der Waals surface area contributed by atoms with Gasteiger partial charge in [-0.1, -0.05) is 11.6 Å². The van der Waals surface area contributed by atoms with Gasteiger partial charge in [-0.05, 0) is 47.2 Å². The van der Waals surface area contributed by atoms with Gasteiger partial charge in [0.05, 0.1) is 16.3 Å². The Balaban J connectivity index is 2.06. The van der Waals surface area contributed by atoms with Crippen LogP contribution in [0.4, 0.5) is 17.1 Å². The van der Waals surface area contributed by atoms with Crippen molar-refractivity contribution in [3.8, 4) is 0 Å². The Morgan fingerprint density at radius 3 is 2.81 bits per heavy atom. The average Bonchev–Trinajstić information content (AvgIpc) is 2.88. The van der Waals surface area contributed by atoms with Gasteiger partial charge in [-0.2, -0.15) is 0 Å². The maximum Gasteiger partial charge on any atom is 0.337 e. The zero-order valence-corrected chi connectivity index (χ0v) is 12.3. The van der Waals surface area contributed by atoms with Gasteiger partial charge in [-0.15, -0.1) is 11.3 Å². The number of nitrogens with two attached hydrogens (primary N) is 1. The highest BCUT2D eigenvalue weighted by molar-refractivity contribution is 7.17. The Bertz CT molecular complexity index is 845. The molecule has 0 atom stereocenters. The van der Waals surface area contributed by atoms with Crippen LogP contribution in [0.3, 0.4) is 0 Å². The molecule has 0 saturated heterocycles. The molecule has 2 aromatic carbocycles. The summed E-state index contributed by atoms with van der Waals surface area (Å²) in [5.74, 6) is -1.08. The highest BCUT2D eigenvalue weighted by Gasteiger charge is 2.15. The highest BCUT2D eigenvalue weighted by atomic mass is 35.5. The largest absolute Gasteiger partial charge is 0.478 e. The fourth-order valence-corrected chi connectivity index (χ4v) is 3.16. The molecule has 4 N–H and O–H groups in total. The third-order valence-electron chi connectivity index (χ3n) is 3.06. The van der Waals surface area contributed by atoms with Gasteiger partial charge in [-0.25, -0.2) is 4.79 Å². The van der Waals surface area contributed by atoms with Crippen molar-refractivity contribution in [3.05, 3.63) is 52.4 Å². The molecule has 0 amide bonds. The molecule has 3 aromatic rings. The standard InChI is InChI=1S/C15H11ClN2O2S/c16-12-7-9(17)6-11(15(19)20)14(12)18-10-1-2-13-8(5-10)3-4-21-13/h1-7,18H,17H2,(H,19,20). The van der Waals surface area contributed by atoms with E-state index >= 15 is 0 Å². The maximum atomic E-state index is 11.3. The molecule has 0 aliphatic heterocycles. The molecule has 106 valence electrons. The van der Waals surface area contributed by atoms with E-state index in [-0.39, 0.29) is 10.6 Å². The third-order valence-corrected chi connectivity index (χ3v) is 4.26. The van der Waals surface area contributed by atoms with E-state index in [0.29, 0.717) is 11.4 Å². The minimum Gasteiger partial charge on any atom is -0.478 e. The molecule has 0 bridgehead atoms. The summed E-state index contributed by atoms with van der Waals surface area (Å²) in [6.45, 7) is 0. The van der Waals surface area contributed by atoms with Crippen molar-refractivity contribution in [2.24, 2.45) is 0 Å². The van der Waals surface area contributed by atoms with Crippen molar-refractivity contribution >= 4 is 56.1 Å². The zero-order chi connectivity index (χ0) is 15.0. The molecule has 4 nitrogen and oxygen atoms in total. The number of carboxylic acids is 1. The highest BCUT2D eigenvalue weighted by Crippen LogP contribution is 2.33. The van der Waals surface area contributed by atoms with Gasteiger partial charge < -0.3 is 16.2 Å². The molecule has 0 unspecified atom stereocenters. The summed E-state index contributed by atoms with van der Waals surface area (Å²) in [4.78, 5) is 11.3. The second-order valence-electron chi connectivity index (χ2n) is 4.53. The number of nitrogens with one attached hydrogen (secondary N) is 1. The number of carboxylic acid groups (broad SMARTS) is 1. The second kappa shape index (κ2) is 5.27. The lowest BCUT2D eigenvalue weighted by atomic mass is 10.1. The molecule has 21 heavy (non-hydrogen) atoms. The normalized spacial score (nSPS) is 10.7. The molecule has 1 aromatic heterocycles. The molecule has 6 heteroatoms. The first-order chi connectivity index (χ1) is 10.0. The number of nitrogen functional groups attached to an aromatic ring is 1. The van der Waals surface area contributed by atoms with Crippen LogP contribution >= 0.6 is 22.9 Å². The Hall–Kier alpha value is -2.24. The lowest BCUT2D eigenvalue weighted by Gasteiger charge is -2.12. The lowest BCUT2D eigenvalue weighted by molar-refractivity contribution is 0.0698. The number of anilines is 3. The summed E-state index contributed by atoms with van der Waals surface area (Å²) in [5, 5.41) is 15.7. The van der Waals surface area contributed by atoms with Crippen molar-refractivity contribution in [2.75, 3.05) is 11.1 Å². The number of fused-ring (bicyclic) bond motifs is 1. The van der Waals surface area contributed by atoms with E-state index in [0.717, 1.165) is 11.1 Å². The van der Waals surface area contributed by atoms with Crippen molar-refractivity contribution in [1.82, 2.24) is 0 Å². The van der Waals surface area contributed by atoms with E-state index in [2.05, 4.69) is 5.32 Å². The maximum absolute atomic E-state index is 11.3. The summed E-state index contributed by atoms with van der Waals surface area (Å²) in [5.41, 5.74) is 7.12. The van der Waals surface area contributed by atoms with Gasteiger partial charge >= 0.3 is 5.97 Å². The molecule has 1 heterocycles. The van der Waals surface area contributed by atoms with Crippen LogP contribution in [-0.2, 0) is 0 Å². The van der Waals surface area contributed by atoms with E-state index in [1.165, 1.54) is 16.8 Å². The smallest absolute Gasteiger partial charge is 0.337 e. The molecule has 0 aliphatic rings. The monoisotopic (exact) mass is 318 g/mol. The van der Waals surface area contributed by atoms with E-state index in [4.69, 9.17) is 17.3 Å². The minimum atomic E-state index is -1.08.